The highest BCUT2D eigenvalue weighted by molar-refractivity contribution is 8.77. The Bertz CT molecular complexity index is 4590. The fourth-order valence-electron chi connectivity index (χ4n) is 7.75. The van der Waals surface area contributed by atoms with Crippen LogP contribution in [0.4, 0.5) is 11.4 Å². The highest BCUT2D eigenvalue weighted by Crippen LogP contribution is 2.71. The van der Waals surface area contributed by atoms with Crippen molar-refractivity contribution in [1.82, 2.24) is 39.9 Å². The van der Waals surface area contributed by atoms with Crippen molar-refractivity contribution in [1.29, 1.82) is 0 Å². The first kappa shape index (κ1) is 106. The Morgan fingerprint density at radius 1 is 0.714 bits per heavy atom. The van der Waals surface area contributed by atoms with Crippen LogP contribution in [0.5, 0.6) is 34.5 Å². The number of nitrogens with zero attached hydrogens (tertiary/aromatic N) is 10. The minimum Gasteiger partial charge on any atom is -0.618 e. The van der Waals surface area contributed by atoms with Gasteiger partial charge in [-0.1, -0.05) is 77.9 Å². The van der Waals surface area contributed by atoms with Crippen LogP contribution >= 0.6 is 123 Å². The summed E-state index contributed by atoms with van der Waals surface area (Å²) in [7, 11) is 18.3. The van der Waals surface area contributed by atoms with E-state index in [1.165, 1.54) is 58.5 Å². The number of nitrogens with two attached hydrogens (primary N) is 1. The largest absolute Gasteiger partial charge is 0.618 e. The van der Waals surface area contributed by atoms with Crippen molar-refractivity contribution in [2.75, 3.05) is 61.6 Å². The van der Waals surface area contributed by atoms with E-state index in [2.05, 4.69) is 122 Å². The second-order valence-corrected chi connectivity index (χ2v) is 37.1. The lowest BCUT2D eigenvalue weighted by Gasteiger charge is -2.23. The highest BCUT2D eigenvalue weighted by atomic mass is 35.5. The monoisotopic (exact) mass is 1770 g/mol. The molecule has 4 N–H and O–H groups in total. The average Bonchev–Trinajstić information content (AvgIpc) is 1.60. The molecule has 2 aliphatic rings. The summed E-state index contributed by atoms with van der Waals surface area (Å²) in [5.41, 5.74) is 10.2. The maximum absolute atomic E-state index is 11.1. The first-order valence-corrected chi connectivity index (χ1v) is 42.7. The van der Waals surface area contributed by atoms with Crippen LogP contribution in [0.1, 0.15) is 98.6 Å². The Morgan fingerprint density at radius 2 is 1.27 bits per heavy atom. The third-order valence-corrected chi connectivity index (χ3v) is 27.6. The summed E-state index contributed by atoms with van der Waals surface area (Å²) < 4.78 is 43.2. The maximum atomic E-state index is 11.1. The van der Waals surface area contributed by atoms with Crippen LogP contribution < -0.4 is 43.6 Å². The lowest BCUT2D eigenvalue weighted by molar-refractivity contribution is -0.604. The van der Waals surface area contributed by atoms with Crippen molar-refractivity contribution in [3.05, 3.63) is 183 Å². The average molecular weight is 1780 g/mol. The number of allylic oxidation sites excluding steroid dienone is 1. The van der Waals surface area contributed by atoms with Crippen molar-refractivity contribution in [3.8, 4) is 95.7 Å². The third kappa shape index (κ3) is 39.4. The molecular formula is C73H88Cl7N12O15P5. The number of anilines is 1. The molecule has 1 aromatic carbocycles. The zero-order valence-electron chi connectivity index (χ0n) is 63.6. The van der Waals surface area contributed by atoms with Gasteiger partial charge in [0.15, 0.2) is 29.2 Å². The number of nitro groups is 1. The summed E-state index contributed by atoms with van der Waals surface area (Å²) in [5.74, 6) is 16.9. The van der Waals surface area contributed by atoms with Gasteiger partial charge in [-0.2, -0.15) is 24.9 Å². The van der Waals surface area contributed by atoms with Gasteiger partial charge in [0.25, 0.3) is 16.1 Å². The van der Waals surface area contributed by atoms with Crippen LogP contribution in [-0.4, -0.2) is 112 Å². The molecule has 5 unspecified atom stereocenters. The Hall–Kier alpha value is -8.43. The van der Waals surface area contributed by atoms with Crippen molar-refractivity contribution in [3.63, 3.8) is 0 Å². The van der Waals surface area contributed by atoms with E-state index in [-0.39, 0.29) is 46.1 Å². The number of methoxy groups -OCH3 is 6. The molecule has 0 spiro atoms. The highest BCUT2D eigenvalue weighted by Gasteiger charge is 2.27. The molecule has 2 aliphatic heterocycles. The summed E-state index contributed by atoms with van der Waals surface area (Å²) in [6.07, 6.45) is 38.5. The van der Waals surface area contributed by atoms with E-state index >= 15 is 0 Å². The normalized spacial score (nSPS) is 11.2. The number of benzene rings is 1. The van der Waals surface area contributed by atoms with Crippen LogP contribution in [0.15, 0.2) is 98.3 Å². The van der Waals surface area contributed by atoms with Crippen molar-refractivity contribution < 1.29 is 67.2 Å². The topological polar surface area (TPSA) is 341 Å². The number of carbonyl (C=O) groups is 1. The molecule has 10 heterocycles. The predicted molar refractivity (Wildman–Crippen MR) is 463 cm³/mol. The van der Waals surface area contributed by atoms with Crippen LogP contribution in [-0.2, 0) is 14.4 Å². The SMILES string of the molecule is C#C.C#CC.C#CC#CC.C1=COCCC1.CC#CC.COc1c[n+]([O-])c(Cl)c(C)c1[N+](=O)[O-].COc1cc(C)c(Cl)[n+]([O-])c1.COc1cnc(Cl)c(C)c1.COc1cnc(Cl)c(C)c1N.COc1cnc(Cl)c2cn[nH]c12.COc1cnc(Cl)c2cnn(C3CCCCO3)c12.O=C(OO)c1cccc(Cl)c1.PPP(P)P. The number of rotatable bonds is 10. The number of aryl methyl sites for hydroxylation is 2. The van der Waals surface area contributed by atoms with E-state index < -0.39 is 10.9 Å². The fraction of sp³-hybridized carbons (Fsp3) is 0.301. The maximum Gasteiger partial charge on any atom is 0.372 e. The summed E-state index contributed by atoms with van der Waals surface area (Å²) in [5, 5.41) is 55.4. The molecule has 0 radical (unpaired) electrons. The Labute approximate surface area is 698 Å². The second-order valence-electron chi connectivity index (χ2n) is 20.5. The first-order valence-electron chi connectivity index (χ1n) is 31.8. The summed E-state index contributed by atoms with van der Waals surface area (Å²) in [6, 6.07) is 9.65. The summed E-state index contributed by atoms with van der Waals surface area (Å²) in [4.78, 5) is 39.9. The number of pyridine rings is 6. The van der Waals surface area contributed by atoms with E-state index in [4.69, 9.17) is 137 Å². The van der Waals surface area contributed by atoms with Crippen molar-refractivity contribution >= 4 is 162 Å². The number of terminal acetylenes is 3. The van der Waals surface area contributed by atoms with Gasteiger partial charge >= 0.3 is 11.7 Å². The summed E-state index contributed by atoms with van der Waals surface area (Å²) >= 11 is 39.9. The smallest absolute Gasteiger partial charge is 0.372 e. The van der Waals surface area contributed by atoms with Crippen molar-refractivity contribution in [2.24, 2.45) is 0 Å². The molecule has 8 aromatic heterocycles. The third-order valence-electron chi connectivity index (χ3n) is 13.2. The zero-order chi connectivity index (χ0) is 85.4. The number of fused-ring (bicyclic) bond motifs is 2. The second kappa shape index (κ2) is 62.1. The molecule has 11 rings (SSSR count). The molecule has 5 atom stereocenters. The number of carbonyl (C=O) groups excluding carboxylic acids is 1. The molecule has 0 amide bonds. The molecule has 1 saturated heterocycles. The number of aromatic amines is 1. The van der Waals surface area contributed by atoms with Gasteiger partial charge in [0.05, 0.1) is 120 Å². The van der Waals surface area contributed by atoms with E-state index in [9.17, 15) is 25.3 Å². The van der Waals surface area contributed by atoms with Gasteiger partial charge in [-0.3, -0.25) is 20.1 Å². The fourth-order valence-corrected chi connectivity index (χ4v) is 8.82. The van der Waals surface area contributed by atoms with Gasteiger partial charge < -0.3 is 54.0 Å². The standard InChI is InChI=1S/C12H14ClN3O2.C7H6ClN3O.C7H7ClN2O4.C7H9ClN2O.C7H8ClNO2.C7H8ClNO.C7H5ClO3.C5H8O.C5H4.C4H6.C3H4.C2H2.H7P5/c1-17-9-7-14-12(13)8-6-15-16(11(8)9)10-4-2-3-5-18-10;1-12-5-3-9-7(8)4-2-10-11-6(4)5;1-4-6(10(12)13)5(14-2)3-9(11)7(4)8;1-4-6(9)5(11-2)3-10-7(4)8;1-5-3-6(11-2)4-9(10)7(5)8;1-5-3-6(10-2)4-9-7(5)8;8-6-3-1-2-5(4-6)7(9)11-10;1-2-4-6-5-3-1;1-3-5-4-2;1-3-4-2;1-3-2;1-2;1-4-5(2)3/h6-7,10H,2-5H2,1H3;2-3H,1H3,(H,10,11);3H,1-2H3;3H,1-2H3,(H2,9,10);3-4H,1-2H3;3-4H,1-2H3;1-4,10H;2,4H,1,3,5H2;1H,2H3;1-2H3;1H,2H3;1-2H;4H,1-3H2. The number of halogens is 7. The number of nitrogens with one attached hydrogen (secondary N) is 1. The van der Waals surface area contributed by atoms with Crippen LogP contribution in [0.25, 0.3) is 21.8 Å². The molecule has 39 heteroatoms. The van der Waals surface area contributed by atoms with Gasteiger partial charge in [0.2, 0.25) is 12.4 Å². The van der Waals surface area contributed by atoms with Crippen molar-refractivity contribution in [2.45, 2.75) is 93.7 Å². The van der Waals surface area contributed by atoms with Gasteiger partial charge in [-0.05, 0) is 171 Å². The number of ether oxygens (including phenoxy) is 8. The lowest BCUT2D eigenvalue weighted by Crippen LogP contribution is -2.28. The lowest BCUT2D eigenvalue weighted by atomic mass is 10.2. The van der Waals surface area contributed by atoms with E-state index in [0.717, 1.165) is 85.3 Å². The number of hydrogen-bond acceptors (Lipinski definition) is 22. The number of aromatic nitrogens is 10. The van der Waals surface area contributed by atoms with Gasteiger partial charge in [-0.25, -0.2) is 29.4 Å². The molecule has 0 saturated carbocycles. The van der Waals surface area contributed by atoms with Crippen LogP contribution in [0.2, 0.25) is 35.9 Å². The van der Waals surface area contributed by atoms with E-state index in [0.29, 0.717) is 69.3 Å². The zero-order valence-corrected chi connectivity index (χ0v) is 74.3. The molecule has 9 aromatic rings. The number of nitrogen functional groups attached to an aromatic ring is 1. The number of H-pyrrole nitrogens is 1. The molecular weight excluding hydrogens is 1690 g/mol. The van der Waals surface area contributed by atoms with E-state index in [1.807, 2.05) is 37.6 Å². The minimum atomic E-state index is -0.813. The molecule has 0 bridgehead atoms. The molecule has 112 heavy (non-hydrogen) atoms. The Morgan fingerprint density at radius 3 is 1.71 bits per heavy atom. The summed E-state index contributed by atoms with van der Waals surface area (Å²) in [6.45, 7) is 15.7. The van der Waals surface area contributed by atoms with Gasteiger partial charge in [0, 0.05) is 22.8 Å². The minimum absolute atomic E-state index is 0.0383. The molecule has 0 aliphatic carbocycles. The molecule has 1 fully saturated rings. The van der Waals surface area contributed by atoms with E-state index in [1.54, 1.807) is 112 Å². The molecule has 27 nitrogen and oxygen atoms in total. The van der Waals surface area contributed by atoms with Gasteiger partial charge in [0.1, 0.15) is 43.0 Å². The van der Waals surface area contributed by atoms with Crippen LogP contribution in [0.3, 0.4) is 0 Å². The first-order chi connectivity index (χ1) is 53.4. The Balaban J connectivity index is 0. The number of hydrogen-bond donors (Lipinski definition) is 3. The van der Waals surface area contributed by atoms with Gasteiger partial charge in [-0.15, -0.1) is 70.2 Å². The quantitative estimate of drug-likeness (QED) is 0.0167. The van der Waals surface area contributed by atoms with Crippen LogP contribution in [0, 0.1) is 109 Å². The predicted octanol–water partition coefficient (Wildman–Crippen LogP) is 18.9. The Kier molecular flexibility index (Phi) is 58.5. The molecule has 604 valence electrons.